The van der Waals surface area contributed by atoms with Gasteiger partial charge in [0, 0.05) is 45.3 Å². The summed E-state index contributed by atoms with van der Waals surface area (Å²) >= 11 is 0. The van der Waals surface area contributed by atoms with Crippen molar-refractivity contribution in [3.05, 3.63) is 0 Å². The predicted octanol–water partition coefficient (Wildman–Crippen LogP) is 0.622. The molecular weight excluding hydrogens is 186 g/mol. The molecule has 0 aliphatic carbocycles. The molecule has 2 heterocycles. The summed E-state index contributed by atoms with van der Waals surface area (Å²) in [5, 5.41) is 3.41. The van der Waals surface area contributed by atoms with E-state index in [1.54, 1.807) is 0 Å². The predicted molar refractivity (Wildman–Crippen MR) is 64.1 cm³/mol. The molecule has 1 atom stereocenters. The Morgan fingerprint density at radius 2 is 1.93 bits per heavy atom. The number of likely N-dealkylation sites (tertiary alicyclic amines) is 1. The molecule has 2 saturated heterocycles. The Kier molecular flexibility index (Phi) is 4.00. The van der Waals surface area contributed by atoms with Crippen LogP contribution in [-0.2, 0) is 0 Å². The Morgan fingerprint density at radius 3 is 2.53 bits per heavy atom. The third kappa shape index (κ3) is 3.16. The normalized spacial score (nSPS) is 30.2. The van der Waals surface area contributed by atoms with Crippen LogP contribution in [0.3, 0.4) is 0 Å². The summed E-state index contributed by atoms with van der Waals surface area (Å²) < 4.78 is 0. The average Bonchev–Trinajstić information content (AvgIpc) is 2.68. The molecular formula is C12H25N3. The highest BCUT2D eigenvalue weighted by molar-refractivity contribution is 4.81. The van der Waals surface area contributed by atoms with Crippen molar-refractivity contribution in [1.29, 1.82) is 0 Å². The fourth-order valence-corrected chi connectivity index (χ4v) is 2.74. The van der Waals surface area contributed by atoms with Crippen LogP contribution in [0, 0.1) is 5.92 Å². The lowest BCUT2D eigenvalue weighted by Gasteiger charge is -2.29. The zero-order valence-corrected chi connectivity index (χ0v) is 10.2. The lowest BCUT2D eigenvalue weighted by Crippen LogP contribution is -2.45. The largest absolute Gasteiger partial charge is 0.314 e. The molecule has 0 saturated carbocycles. The van der Waals surface area contributed by atoms with E-state index in [1.807, 2.05) is 0 Å². The fourth-order valence-electron chi connectivity index (χ4n) is 2.74. The second-order valence-corrected chi connectivity index (χ2v) is 5.29. The first kappa shape index (κ1) is 11.4. The molecule has 2 aliphatic rings. The summed E-state index contributed by atoms with van der Waals surface area (Å²) in [5.74, 6) is 0.922. The van der Waals surface area contributed by atoms with Gasteiger partial charge in [-0.15, -0.1) is 0 Å². The van der Waals surface area contributed by atoms with Gasteiger partial charge in [-0.1, -0.05) is 0 Å². The van der Waals surface area contributed by atoms with Crippen LogP contribution in [0.25, 0.3) is 0 Å². The van der Waals surface area contributed by atoms with E-state index in [0.717, 1.165) is 12.0 Å². The van der Waals surface area contributed by atoms with Crippen molar-refractivity contribution in [2.45, 2.75) is 26.3 Å². The molecule has 0 spiro atoms. The molecule has 0 aromatic heterocycles. The summed E-state index contributed by atoms with van der Waals surface area (Å²) in [7, 11) is 0. The molecule has 2 aliphatic heterocycles. The molecule has 2 rings (SSSR count). The van der Waals surface area contributed by atoms with E-state index in [2.05, 4.69) is 29.0 Å². The minimum atomic E-state index is 0.734. The van der Waals surface area contributed by atoms with Crippen molar-refractivity contribution in [3.8, 4) is 0 Å². The van der Waals surface area contributed by atoms with Crippen LogP contribution in [0.1, 0.15) is 20.3 Å². The van der Waals surface area contributed by atoms with Crippen LogP contribution in [0.5, 0.6) is 0 Å². The van der Waals surface area contributed by atoms with E-state index in [-0.39, 0.29) is 0 Å². The third-order valence-electron chi connectivity index (χ3n) is 3.77. The Balaban J connectivity index is 1.71. The molecule has 3 nitrogen and oxygen atoms in total. The first-order valence-electron chi connectivity index (χ1n) is 6.43. The van der Waals surface area contributed by atoms with Gasteiger partial charge in [-0.2, -0.15) is 0 Å². The molecule has 1 unspecified atom stereocenters. The van der Waals surface area contributed by atoms with Crippen molar-refractivity contribution < 1.29 is 0 Å². The first-order chi connectivity index (χ1) is 7.25. The van der Waals surface area contributed by atoms with Crippen molar-refractivity contribution in [2.75, 3.05) is 45.8 Å². The maximum absolute atomic E-state index is 3.41. The Bertz CT molecular complexity index is 187. The van der Waals surface area contributed by atoms with Crippen LogP contribution in [0.15, 0.2) is 0 Å². The molecule has 15 heavy (non-hydrogen) atoms. The van der Waals surface area contributed by atoms with E-state index >= 15 is 0 Å². The number of piperazine rings is 1. The molecule has 0 radical (unpaired) electrons. The van der Waals surface area contributed by atoms with Crippen LogP contribution in [0.2, 0.25) is 0 Å². The topological polar surface area (TPSA) is 18.5 Å². The lowest BCUT2D eigenvalue weighted by atomic mass is 10.1. The molecule has 2 fully saturated rings. The number of hydrogen-bond acceptors (Lipinski definition) is 3. The Labute approximate surface area is 93.8 Å². The quantitative estimate of drug-likeness (QED) is 0.738. The minimum absolute atomic E-state index is 0.734. The van der Waals surface area contributed by atoms with E-state index < -0.39 is 0 Å². The number of hydrogen-bond donors (Lipinski definition) is 1. The highest BCUT2D eigenvalue weighted by atomic mass is 15.2. The van der Waals surface area contributed by atoms with Crippen LogP contribution < -0.4 is 5.32 Å². The standard InChI is InChI=1S/C12H25N3/c1-11(2)15-6-3-12(10-15)9-14-7-4-13-5-8-14/h11-13H,3-10H2,1-2H3. The summed E-state index contributed by atoms with van der Waals surface area (Å²) in [6.07, 6.45) is 1.40. The van der Waals surface area contributed by atoms with Gasteiger partial charge in [0.2, 0.25) is 0 Å². The maximum atomic E-state index is 3.41. The number of nitrogens with one attached hydrogen (secondary N) is 1. The number of nitrogens with zero attached hydrogens (tertiary/aromatic N) is 2. The van der Waals surface area contributed by atoms with Gasteiger partial charge < -0.3 is 15.1 Å². The lowest BCUT2D eigenvalue weighted by molar-refractivity contribution is 0.197. The van der Waals surface area contributed by atoms with Crippen LogP contribution >= 0.6 is 0 Å². The highest BCUT2D eigenvalue weighted by Crippen LogP contribution is 2.19. The maximum Gasteiger partial charge on any atom is 0.0107 e. The minimum Gasteiger partial charge on any atom is -0.314 e. The van der Waals surface area contributed by atoms with E-state index in [9.17, 15) is 0 Å². The zero-order chi connectivity index (χ0) is 10.7. The van der Waals surface area contributed by atoms with Gasteiger partial charge in [0.05, 0.1) is 0 Å². The van der Waals surface area contributed by atoms with Gasteiger partial charge in [0.15, 0.2) is 0 Å². The van der Waals surface area contributed by atoms with Crippen LogP contribution in [-0.4, -0.2) is 61.7 Å². The van der Waals surface area contributed by atoms with Gasteiger partial charge in [-0.05, 0) is 32.7 Å². The summed E-state index contributed by atoms with van der Waals surface area (Å²) in [6.45, 7) is 13.4. The van der Waals surface area contributed by atoms with Gasteiger partial charge in [-0.25, -0.2) is 0 Å². The first-order valence-corrected chi connectivity index (χ1v) is 6.43. The van der Waals surface area contributed by atoms with Crippen LogP contribution in [0.4, 0.5) is 0 Å². The second kappa shape index (κ2) is 5.28. The van der Waals surface area contributed by atoms with Crippen molar-refractivity contribution in [1.82, 2.24) is 15.1 Å². The summed E-state index contributed by atoms with van der Waals surface area (Å²) in [6, 6.07) is 0.734. The third-order valence-corrected chi connectivity index (χ3v) is 3.77. The van der Waals surface area contributed by atoms with Gasteiger partial charge in [-0.3, -0.25) is 0 Å². The Morgan fingerprint density at radius 1 is 1.20 bits per heavy atom. The number of rotatable bonds is 3. The smallest absolute Gasteiger partial charge is 0.0107 e. The molecule has 0 aromatic rings. The van der Waals surface area contributed by atoms with Gasteiger partial charge in [0.1, 0.15) is 0 Å². The molecule has 0 bridgehead atoms. The Hall–Kier alpha value is -0.120. The van der Waals surface area contributed by atoms with E-state index in [0.29, 0.717) is 0 Å². The molecule has 0 aromatic carbocycles. The monoisotopic (exact) mass is 211 g/mol. The molecule has 1 N–H and O–H groups in total. The summed E-state index contributed by atoms with van der Waals surface area (Å²) in [5.41, 5.74) is 0. The molecule has 0 amide bonds. The van der Waals surface area contributed by atoms with Gasteiger partial charge >= 0.3 is 0 Å². The molecule has 3 heteroatoms. The molecule has 88 valence electrons. The van der Waals surface area contributed by atoms with Crippen molar-refractivity contribution >= 4 is 0 Å². The average molecular weight is 211 g/mol. The summed E-state index contributed by atoms with van der Waals surface area (Å²) in [4.78, 5) is 5.25. The SMILES string of the molecule is CC(C)N1CCC(CN2CCNCC2)C1. The van der Waals surface area contributed by atoms with E-state index in [1.165, 1.54) is 52.2 Å². The fraction of sp³-hybridized carbons (Fsp3) is 1.00. The zero-order valence-electron chi connectivity index (χ0n) is 10.2. The van der Waals surface area contributed by atoms with Gasteiger partial charge in [0.25, 0.3) is 0 Å². The highest BCUT2D eigenvalue weighted by Gasteiger charge is 2.25. The second-order valence-electron chi connectivity index (χ2n) is 5.29. The van der Waals surface area contributed by atoms with E-state index in [4.69, 9.17) is 0 Å². The van der Waals surface area contributed by atoms with Crippen molar-refractivity contribution in [3.63, 3.8) is 0 Å². The van der Waals surface area contributed by atoms with Crippen molar-refractivity contribution in [2.24, 2.45) is 5.92 Å².